The van der Waals surface area contributed by atoms with Crippen molar-refractivity contribution in [2.24, 2.45) is 0 Å². The van der Waals surface area contributed by atoms with Gasteiger partial charge in [0.25, 0.3) is 5.91 Å². The van der Waals surface area contributed by atoms with Crippen molar-refractivity contribution in [3.63, 3.8) is 0 Å². The van der Waals surface area contributed by atoms with E-state index in [1.807, 2.05) is 0 Å². The molecular weight excluding hydrogens is 459 g/mol. The van der Waals surface area contributed by atoms with Gasteiger partial charge in [-0.2, -0.15) is 0 Å². The third kappa shape index (κ3) is 5.50. The number of fused-ring (bicyclic) bond motifs is 1. The number of nitrogens with zero attached hydrogens (tertiary/aromatic N) is 1. The number of hydrogen-bond acceptors (Lipinski definition) is 9. The molecular formula is C18H17N2NaO8S2. The van der Waals surface area contributed by atoms with Gasteiger partial charge in [-0.05, 0) is 12.1 Å². The molecule has 160 valence electrons. The number of carboxylic acids is 1. The van der Waals surface area contributed by atoms with Gasteiger partial charge in [0.05, 0.1) is 16.6 Å². The number of nitrogens with one attached hydrogen (secondary N) is 1. The van der Waals surface area contributed by atoms with Crippen LogP contribution in [-0.2, 0) is 33.8 Å². The summed E-state index contributed by atoms with van der Waals surface area (Å²) in [5, 5.41) is 13.2. The Bertz CT molecular complexity index is 1040. The van der Waals surface area contributed by atoms with Gasteiger partial charge in [-0.1, -0.05) is 18.2 Å². The molecule has 0 radical (unpaired) electrons. The minimum atomic E-state index is -3.89. The maximum Gasteiger partial charge on any atom is 1.00 e. The monoisotopic (exact) mass is 476 g/mol. The van der Waals surface area contributed by atoms with E-state index >= 15 is 0 Å². The number of ether oxygens (including phenoxy) is 1. The maximum absolute atomic E-state index is 12.5. The quantitative estimate of drug-likeness (QED) is 0.233. The number of amides is 2. The van der Waals surface area contributed by atoms with Gasteiger partial charge in [-0.15, -0.1) is 11.8 Å². The zero-order chi connectivity index (χ0) is 22.1. The van der Waals surface area contributed by atoms with Gasteiger partial charge in [0.1, 0.15) is 23.8 Å². The van der Waals surface area contributed by atoms with Gasteiger partial charge in [0, 0.05) is 18.2 Å². The minimum Gasteiger partial charge on any atom is -0.543 e. The number of β-lactam (4-membered cyclic amide) rings is 1. The Morgan fingerprint density at radius 1 is 1.26 bits per heavy atom. The standard InChI is InChI=1S/C18H18N2O8S2.Na/c1-10(21)28-7-11-8-29-17-14(16(23)20(17)15(11)18(24)25)19-13(22)9-30(26,27)12-5-3-2-4-6-12;/h2-6,14,17H,7-9H2,1H3,(H,19,22)(H,24,25);/q;+1/p-1/t14-,17-;/m1./s1. The first-order valence-electron chi connectivity index (χ1n) is 8.70. The van der Waals surface area contributed by atoms with Gasteiger partial charge in [-0.25, -0.2) is 8.42 Å². The summed E-state index contributed by atoms with van der Waals surface area (Å²) in [5.41, 5.74) is -0.191. The summed E-state index contributed by atoms with van der Waals surface area (Å²) in [6, 6.07) is 6.34. The Morgan fingerprint density at radius 3 is 2.48 bits per heavy atom. The van der Waals surface area contributed by atoms with E-state index in [1.165, 1.54) is 31.2 Å². The predicted octanol–water partition coefficient (Wildman–Crippen LogP) is -4.57. The van der Waals surface area contributed by atoms with Crippen LogP contribution >= 0.6 is 11.8 Å². The van der Waals surface area contributed by atoms with Crippen LogP contribution in [0.3, 0.4) is 0 Å². The van der Waals surface area contributed by atoms with E-state index in [4.69, 9.17) is 4.74 Å². The normalized spacial score (nSPS) is 20.2. The molecule has 0 spiro atoms. The summed E-state index contributed by atoms with van der Waals surface area (Å²) in [6.45, 7) is 0.871. The van der Waals surface area contributed by atoms with Gasteiger partial charge >= 0.3 is 35.5 Å². The van der Waals surface area contributed by atoms with Gasteiger partial charge in [0.15, 0.2) is 9.84 Å². The number of carbonyl (C=O) groups is 4. The fourth-order valence-corrected chi connectivity index (χ4v) is 5.56. The second kappa shape index (κ2) is 10.2. The Morgan fingerprint density at radius 2 is 1.90 bits per heavy atom. The van der Waals surface area contributed by atoms with Crippen molar-refractivity contribution in [1.29, 1.82) is 0 Å². The third-order valence-electron chi connectivity index (χ3n) is 4.43. The number of carbonyl (C=O) groups excluding carboxylic acids is 4. The number of carboxylic acid groups (broad SMARTS) is 1. The topological polar surface area (TPSA) is 150 Å². The first kappa shape index (κ1) is 25.4. The molecule has 1 fully saturated rings. The minimum absolute atomic E-state index is 0. The molecule has 2 amide bonds. The summed E-state index contributed by atoms with van der Waals surface area (Å²) in [5.74, 6) is -4.50. The number of aliphatic carboxylic acids is 1. The molecule has 1 aromatic carbocycles. The van der Waals surface area contributed by atoms with Crippen molar-refractivity contribution in [3.8, 4) is 0 Å². The van der Waals surface area contributed by atoms with E-state index < -0.39 is 56.5 Å². The number of hydrogen-bond donors (Lipinski definition) is 1. The van der Waals surface area contributed by atoms with Crippen molar-refractivity contribution >= 4 is 45.4 Å². The zero-order valence-electron chi connectivity index (χ0n) is 16.7. The third-order valence-corrected chi connectivity index (χ3v) is 7.40. The average molecular weight is 476 g/mol. The van der Waals surface area contributed by atoms with Crippen LogP contribution in [0.5, 0.6) is 0 Å². The van der Waals surface area contributed by atoms with Crippen LogP contribution in [0.25, 0.3) is 0 Å². The van der Waals surface area contributed by atoms with Crippen molar-refractivity contribution in [3.05, 3.63) is 41.6 Å². The van der Waals surface area contributed by atoms with Crippen LogP contribution in [0.4, 0.5) is 0 Å². The molecule has 0 bridgehead atoms. The molecule has 2 heterocycles. The van der Waals surface area contributed by atoms with Crippen molar-refractivity contribution < 1.29 is 67.0 Å². The smallest absolute Gasteiger partial charge is 0.543 e. The molecule has 31 heavy (non-hydrogen) atoms. The van der Waals surface area contributed by atoms with E-state index in [0.29, 0.717) is 0 Å². The number of esters is 1. The molecule has 0 aromatic heterocycles. The fourth-order valence-electron chi connectivity index (χ4n) is 3.07. The molecule has 0 saturated carbocycles. The first-order chi connectivity index (χ1) is 14.1. The first-order valence-corrected chi connectivity index (χ1v) is 11.4. The van der Waals surface area contributed by atoms with Crippen LogP contribution in [-0.4, -0.2) is 66.6 Å². The van der Waals surface area contributed by atoms with E-state index in [2.05, 4.69) is 5.32 Å². The molecule has 10 nitrogen and oxygen atoms in total. The summed E-state index contributed by atoms with van der Waals surface area (Å²) < 4.78 is 29.4. The Labute approximate surface area is 204 Å². The van der Waals surface area contributed by atoms with Gasteiger partial charge in [-0.3, -0.25) is 19.3 Å². The molecule has 3 rings (SSSR count). The second-order valence-corrected chi connectivity index (χ2v) is 9.64. The van der Waals surface area contributed by atoms with Crippen molar-refractivity contribution in [2.45, 2.75) is 23.2 Å². The molecule has 0 unspecified atom stereocenters. The molecule has 2 atom stereocenters. The number of benzene rings is 1. The van der Waals surface area contributed by atoms with Gasteiger partial charge < -0.3 is 20.0 Å². The summed E-state index contributed by atoms with van der Waals surface area (Å²) in [7, 11) is -3.89. The molecule has 2 aliphatic heterocycles. The molecule has 1 aromatic rings. The number of rotatable bonds is 7. The van der Waals surface area contributed by atoms with Crippen molar-refractivity contribution in [2.75, 3.05) is 18.1 Å². The molecule has 2 aliphatic rings. The maximum atomic E-state index is 12.5. The van der Waals surface area contributed by atoms with Gasteiger partial charge in [0.2, 0.25) is 5.91 Å². The van der Waals surface area contributed by atoms with E-state index in [0.717, 1.165) is 16.7 Å². The van der Waals surface area contributed by atoms with E-state index in [1.54, 1.807) is 6.07 Å². The predicted molar refractivity (Wildman–Crippen MR) is 102 cm³/mol. The fraction of sp³-hybridized carbons (Fsp3) is 0.333. The SMILES string of the molecule is CC(=O)OCC1=C(C(=O)[O-])N2C(=O)[C@@H](NC(=O)CS(=O)(=O)c3ccccc3)[C@H]2SC1.[Na+]. The van der Waals surface area contributed by atoms with Crippen LogP contribution in [0.1, 0.15) is 6.92 Å². The largest absolute Gasteiger partial charge is 1.00 e. The second-order valence-electron chi connectivity index (χ2n) is 6.55. The van der Waals surface area contributed by atoms with Crippen LogP contribution in [0.2, 0.25) is 0 Å². The van der Waals surface area contributed by atoms with Crippen LogP contribution in [0.15, 0.2) is 46.5 Å². The number of sulfone groups is 1. The Kier molecular flexibility index (Phi) is 8.34. The summed E-state index contributed by atoms with van der Waals surface area (Å²) in [4.78, 5) is 48.2. The van der Waals surface area contributed by atoms with Crippen molar-refractivity contribution in [1.82, 2.24) is 10.2 Å². The van der Waals surface area contributed by atoms with E-state index in [9.17, 15) is 32.7 Å². The zero-order valence-corrected chi connectivity index (χ0v) is 20.3. The molecule has 0 aliphatic carbocycles. The van der Waals surface area contributed by atoms with Crippen LogP contribution < -0.4 is 40.0 Å². The Balaban J connectivity index is 0.00000341. The summed E-state index contributed by atoms with van der Waals surface area (Å²) in [6.07, 6.45) is 0. The summed E-state index contributed by atoms with van der Waals surface area (Å²) >= 11 is 1.16. The Hall–Kier alpha value is -1.86. The van der Waals surface area contributed by atoms with E-state index in [-0.39, 0.29) is 52.4 Å². The molecule has 1 saturated heterocycles. The number of thioether (sulfide) groups is 1. The average Bonchev–Trinajstić information content (AvgIpc) is 2.69. The van der Waals surface area contributed by atoms with Crippen LogP contribution in [0, 0.1) is 0 Å². The molecule has 13 heteroatoms. The molecule has 1 N–H and O–H groups in total.